The second kappa shape index (κ2) is 7.29. The van der Waals surface area contributed by atoms with Gasteiger partial charge < -0.3 is 19.6 Å². The molecule has 3 heterocycles. The molecule has 0 unspecified atom stereocenters. The monoisotopic (exact) mass is 330 g/mol. The molecular formula is C16H22N6O2. The van der Waals surface area contributed by atoms with Gasteiger partial charge in [0.15, 0.2) is 0 Å². The summed E-state index contributed by atoms with van der Waals surface area (Å²) in [4.78, 5) is 24.6. The van der Waals surface area contributed by atoms with Crippen molar-refractivity contribution in [2.45, 2.75) is 32.4 Å². The van der Waals surface area contributed by atoms with E-state index in [4.69, 9.17) is 4.52 Å². The highest BCUT2D eigenvalue weighted by Gasteiger charge is 2.24. The van der Waals surface area contributed by atoms with E-state index in [-0.39, 0.29) is 12.1 Å². The summed E-state index contributed by atoms with van der Waals surface area (Å²) in [5.74, 6) is 1.45. The lowest BCUT2D eigenvalue weighted by Crippen LogP contribution is -2.51. The summed E-state index contributed by atoms with van der Waals surface area (Å²) in [5, 5.41) is 6.99. The van der Waals surface area contributed by atoms with E-state index in [0.29, 0.717) is 19.0 Å². The van der Waals surface area contributed by atoms with Crippen LogP contribution in [0.3, 0.4) is 0 Å². The number of nitrogens with one attached hydrogen (secondary N) is 1. The molecule has 0 aliphatic carbocycles. The molecule has 0 aromatic carbocycles. The summed E-state index contributed by atoms with van der Waals surface area (Å²) in [5.41, 5.74) is 0.744. The van der Waals surface area contributed by atoms with Gasteiger partial charge in [-0.05, 0) is 25.8 Å². The molecule has 1 N–H and O–H groups in total. The Hall–Kier alpha value is -2.64. The van der Waals surface area contributed by atoms with Crippen molar-refractivity contribution in [1.29, 1.82) is 0 Å². The van der Waals surface area contributed by atoms with Crippen LogP contribution in [0.2, 0.25) is 0 Å². The average Bonchev–Trinajstić information content (AvgIpc) is 3.00. The molecule has 0 radical (unpaired) electrons. The molecule has 2 aromatic heterocycles. The smallest absolute Gasteiger partial charge is 0.317 e. The molecule has 8 heteroatoms. The van der Waals surface area contributed by atoms with Gasteiger partial charge in [-0.15, -0.1) is 0 Å². The lowest BCUT2D eigenvalue weighted by atomic mass is 10.1. The highest BCUT2D eigenvalue weighted by molar-refractivity contribution is 5.74. The predicted octanol–water partition coefficient (Wildman–Crippen LogP) is 1.58. The molecule has 0 spiro atoms. The molecule has 1 saturated heterocycles. The standard InChI is InChI=1S/C16H22N6O2/c1-12-9-14(20-24-12)10-21(2)16(23)19-13-5-3-8-22(11-13)15-17-6-4-7-18-15/h4,6-7,9,13H,3,5,8,10-11H2,1-2H3,(H,19,23)/t13-/m0/s1. The molecule has 1 fully saturated rings. The number of piperidine rings is 1. The Morgan fingerprint density at radius 2 is 2.25 bits per heavy atom. The number of aryl methyl sites for hydroxylation is 1. The van der Waals surface area contributed by atoms with Crippen molar-refractivity contribution >= 4 is 12.0 Å². The molecule has 0 saturated carbocycles. The molecule has 8 nitrogen and oxygen atoms in total. The molecule has 1 aliphatic rings. The maximum atomic E-state index is 12.4. The summed E-state index contributed by atoms with van der Waals surface area (Å²) in [7, 11) is 1.75. The third kappa shape index (κ3) is 4.01. The van der Waals surface area contributed by atoms with Crippen molar-refractivity contribution in [1.82, 2.24) is 25.3 Å². The molecule has 128 valence electrons. The van der Waals surface area contributed by atoms with E-state index in [2.05, 4.69) is 25.3 Å². The number of nitrogens with zero attached hydrogens (tertiary/aromatic N) is 5. The first kappa shape index (κ1) is 16.2. The predicted molar refractivity (Wildman–Crippen MR) is 88.5 cm³/mol. The molecule has 24 heavy (non-hydrogen) atoms. The van der Waals surface area contributed by atoms with Crippen LogP contribution in [0.1, 0.15) is 24.3 Å². The number of aromatic nitrogens is 3. The summed E-state index contributed by atoms with van der Waals surface area (Å²) < 4.78 is 5.03. The minimum atomic E-state index is -0.114. The second-order valence-electron chi connectivity index (χ2n) is 6.07. The zero-order chi connectivity index (χ0) is 16.9. The van der Waals surface area contributed by atoms with Gasteiger partial charge in [-0.3, -0.25) is 0 Å². The number of hydrogen-bond donors (Lipinski definition) is 1. The van der Waals surface area contributed by atoms with Gasteiger partial charge in [0.05, 0.1) is 6.54 Å². The summed E-state index contributed by atoms with van der Waals surface area (Å²) in [6, 6.07) is 3.60. The number of carbonyl (C=O) groups excluding carboxylic acids is 1. The quantitative estimate of drug-likeness (QED) is 0.916. The Bertz CT molecular complexity index is 674. The fourth-order valence-corrected chi connectivity index (χ4v) is 2.82. The van der Waals surface area contributed by atoms with Crippen molar-refractivity contribution < 1.29 is 9.32 Å². The Labute approximate surface area is 140 Å². The van der Waals surface area contributed by atoms with Gasteiger partial charge >= 0.3 is 6.03 Å². The maximum Gasteiger partial charge on any atom is 0.317 e. The van der Waals surface area contributed by atoms with Crippen LogP contribution in [0, 0.1) is 6.92 Å². The average molecular weight is 330 g/mol. The van der Waals surface area contributed by atoms with Crippen LogP contribution in [0.25, 0.3) is 0 Å². The lowest BCUT2D eigenvalue weighted by molar-refractivity contribution is 0.199. The van der Waals surface area contributed by atoms with E-state index in [0.717, 1.165) is 30.8 Å². The zero-order valence-corrected chi connectivity index (χ0v) is 14.0. The van der Waals surface area contributed by atoms with E-state index >= 15 is 0 Å². The first-order valence-corrected chi connectivity index (χ1v) is 8.07. The third-order valence-electron chi connectivity index (χ3n) is 4.01. The minimum absolute atomic E-state index is 0.0801. The topological polar surface area (TPSA) is 87.4 Å². The van der Waals surface area contributed by atoms with Gasteiger partial charge in [-0.2, -0.15) is 0 Å². The van der Waals surface area contributed by atoms with E-state index in [1.807, 2.05) is 13.0 Å². The van der Waals surface area contributed by atoms with Crippen molar-refractivity contribution in [3.05, 3.63) is 36.0 Å². The Morgan fingerprint density at radius 1 is 1.46 bits per heavy atom. The van der Waals surface area contributed by atoms with E-state index in [9.17, 15) is 4.79 Å². The zero-order valence-electron chi connectivity index (χ0n) is 14.0. The Balaban J connectivity index is 1.53. The molecule has 1 atom stereocenters. The molecule has 2 aromatic rings. The third-order valence-corrected chi connectivity index (χ3v) is 4.01. The SMILES string of the molecule is Cc1cc(CN(C)C(=O)N[C@H]2CCCN(c3ncccn3)C2)no1. The fraction of sp³-hybridized carbons (Fsp3) is 0.500. The molecule has 2 amide bonds. The Kier molecular flexibility index (Phi) is 4.93. The normalized spacial score (nSPS) is 17.6. The highest BCUT2D eigenvalue weighted by atomic mass is 16.5. The number of rotatable bonds is 4. The number of carbonyl (C=O) groups is 1. The molecule has 3 rings (SSSR count). The Morgan fingerprint density at radius 3 is 2.96 bits per heavy atom. The van der Waals surface area contributed by atoms with Gasteiger partial charge in [0, 0.05) is 44.6 Å². The minimum Gasteiger partial charge on any atom is -0.361 e. The van der Waals surface area contributed by atoms with Crippen LogP contribution < -0.4 is 10.2 Å². The number of hydrogen-bond acceptors (Lipinski definition) is 6. The number of urea groups is 1. The van der Waals surface area contributed by atoms with E-state index in [1.54, 1.807) is 30.4 Å². The van der Waals surface area contributed by atoms with Crippen molar-refractivity contribution in [2.24, 2.45) is 0 Å². The highest BCUT2D eigenvalue weighted by Crippen LogP contribution is 2.15. The first-order valence-electron chi connectivity index (χ1n) is 8.07. The van der Waals surface area contributed by atoms with Gasteiger partial charge in [-0.1, -0.05) is 5.16 Å². The van der Waals surface area contributed by atoms with Crippen molar-refractivity contribution in [2.75, 3.05) is 25.0 Å². The van der Waals surface area contributed by atoms with Crippen LogP contribution in [0.4, 0.5) is 10.7 Å². The summed E-state index contributed by atoms with van der Waals surface area (Å²) in [6.45, 7) is 3.87. The summed E-state index contributed by atoms with van der Waals surface area (Å²) in [6.07, 6.45) is 5.41. The number of anilines is 1. The van der Waals surface area contributed by atoms with E-state index < -0.39 is 0 Å². The lowest BCUT2D eigenvalue weighted by Gasteiger charge is -2.33. The van der Waals surface area contributed by atoms with Gasteiger partial charge in [-0.25, -0.2) is 14.8 Å². The van der Waals surface area contributed by atoms with Crippen LogP contribution in [-0.2, 0) is 6.54 Å². The molecule has 1 aliphatic heterocycles. The van der Waals surface area contributed by atoms with Gasteiger partial charge in [0.1, 0.15) is 11.5 Å². The van der Waals surface area contributed by atoms with Crippen molar-refractivity contribution in [3.63, 3.8) is 0 Å². The summed E-state index contributed by atoms with van der Waals surface area (Å²) >= 11 is 0. The van der Waals surface area contributed by atoms with Crippen LogP contribution >= 0.6 is 0 Å². The molecule has 0 bridgehead atoms. The van der Waals surface area contributed by atoms with Crippen LogP contribution in [-0.4, -0.2) is 52.2 Å². The van der Waals surface area contributed by atoms with Crippen LogP contribution in [0.5, 0.6) is 0 Å². The number of amides is 2. The maximum absolute atomic E-state index is 12.4. The van der Waals surface area contributed by atoms with Gasteiger partial charge in [0.2, 0.25) is 5.95 Å². The van der Waals surface area contributed by atoms with E-state index in [1.165, 1.54) is 0 Å². The molecular weight excluding hydrogens is 308 g/mol. The fourth-order valence-electron chi connectivity index (χ4n) is 2.82. The van der Waals surface area contributed by atoms with Crippen molar-refractivity contribution in [3.8, 4) is 0 Å². The first-order chi connectivity index (χ1) is 11.6. The van der Waals surface area contributed by atoms with Gasteiger partial charge in [0.25, 0.3) is 0 Å². The van der Waals surface area contributed by atoms with Crippen LogP contribution in [0.15, 0.2) is 29.0 Å². The second-order valence-corrected chi connectivity index (χ2v) is 6.07. The largest absolute Gasteiger partial charge is 0.361 e.